The van der Waals surface area contributed by atoms with Crippen LogP contribution in [0.4, 0.5) is 10.1 Å². The van der Waals surface area contributed by atoms with Crippen LogP contribution < -0.4 is 5.32 Å². The fourth-order valence-electron chi connectivity index (χ4n) is 3.51. The molecular formula is C25H23FN4O2. The van der Waals surface area contributed by atoms with Crippen molar-refractivity contribution in [3.63, 3.8) is 0 Å². The Labute approximate surface area is 185 Å². The molecule has 0 atom stereocenters. The summed E-state index contributed by atoms with van der Waals surface area (Å²) in [7, 11) is 1.59. The van der Waals surface area contributed by atoms with Crippen LogP contribution in [0.5, 0.6) is 0 Å². The highest BCUT2D eigenvalue weighted by molar-refractivity contribution is 5.94. The molecule has 0 aliphatic carbocycles. The molecule has 0 aliphatic heterocycles. The van der Waals surface area contributed by atoms with Gasteiger partial charge in [0.25, 0.3) is 0 Å². The molecule has 32 heavy (non-hydrogen) atoms. The fraction of sp³-hybridized carbons (Fsp3) is 0.160. The second-order valence-corrected chi connectivity index (χ2v) is 7.57. The van der Waals surface area contributed by atoms with Gasteiger partial charge in [-0.3, -0.25) is 9.59 Å². The van der Waals surface area contributed by atoms with Crippen LogP contribution >= 0.6 is 0 Å². The summed E-state index contributed by atoms with van der Waals surface area (Å²) in [6.45, 7) is -0.0418. The monoisotopic (exact) mass is 430 g/mol. The molecule has 1 aromatic heterocycles. The number of nitrogens with one attached hydrogen (secondary N) is 1. The van der Waals surface area contributed by atoms with E-state index in [-0.39, 0.29) is 30.7 Å². The minimum absolute atomic E-state index is 0.0724. The van der Waals surface area contributed by atoms with Gasteiger partial charge in [0.15, 0.2) is 0 Å². The number of carbonyl (C=O) groups is 2. The first-order valence-electron chi connectivity index (χ1n) is 10.3. The second kappa shape index (κ2) is 9.43. The number of halogens is 1. The van der Waals surface area contributed by atoms with E-state index in [0.29, 0.717) is 12.1 Å². The summed E-state index contributed by atoms with van der Waals surface area (Å²) >= 11 is 0. The number of imidazole rings is 1. The van der Waals surface area contributed by atoms with E-state index in [4.69, 9.17) is 4.98 Å². The number of fused-ring (bicyclic) bond motifs is 1. The number of benzene rings is 3. The van der Waals surface area contributed by atoms with Crippen LogP contribution in [0.1, 0.15) is 11.4 Å². The Morgan fingerprint density at radius 2 is 1.66 bits per heavy atom. The van der Waals surface area contributed by atoms with E-state index in [2.05, 4.69) is 5.32 Å². The summed E-state index contributed by atoms with van der Waals surface area (Å²) in [6, 6.07) is 23.1. The van der Waals surface area contributed by atoms with Gasteiger partial charge < -0.3 is 14.8 Å². The molecule has 4 rings (SSSR count). The quantitative estimate of drug-likeness (QED) is 0.484. The lowest BCUT2D eigenvalue weighted by Crippen LogP contribution is -2.37. The molecule has 1 heterocycles. The standard InChI is InChI=1S/C25H23FN4O2/c1-29(16-24(31)27-20-13-11-19(26)12-14-20)25(32)17-30-22-10-6-5-9-21(22)28-23(30)15-18-7-3-2-4-8-18/h2-14H,15-17H2,1H3,(H,27,31). The number of aromatic nitrogens is 2. The maximum absolute atomic E-state index is 13.0. The number of anilines is 1. The van der Waals surface area contributed by atoms with Gasteiger partial charge in [0.2, 0.25) is 11.8 Å². The lowest BCUT2D eigenvalue weighted by Gasteiger charge is -2.18. The number of likely N-dealkylation sites (N-methyl/N-ethyl adjacent to an activating group) is 1. The third kappa shape index (κ3) is 5.00. The lowest BCUT2D eigenvalue weighted by atomic mass is 10.1. The zero-order valence-electron chi connectivity index (χ0n) is 17.7. The highest BCUT2D eigenvalue weighted by Gasteiger charge is 2.18. The summed E-state index contributed by atoms with van der Waals surface area (Å²) in [5, 5.41) is 2.67. The average Bonchev–Trinajstić information content (AvgIpc) is 3.13. The van der Waals surface area contributed by atoms with Gasteiger partial charge in [0, 0.05) is 19.2 Å². The molecule has 0 aliphatic rings. The van der Waals surface area contributed by atoms with Crippen LogP contribution in [0.2, 0.25) is 0 Å². The van der Waals surface area contributed by atoms with Crippen LogP contribution in [0, 0.1) is 5.82 Å². The normalized spacial score (nSPS) is 10.8. The SMILES string of the molecule is CN(CC(=O)Nc1ccc(F)cc1)C(=O)Cn1c(Cc2ccccc2)nc2ccccc21. The van der Waals surface area contributed by atoms with Crippen molar-refractivity contribution in [2.45, 2.75) is 13.0 Å². The number of carbonyl (C=O) groups excluding carboxylic acids is 2. The van der Waals surface area contributed by atoms with Gasteiger partial charge in [-0.2, -0.15) is 0 Å². The van der Waals surface area contributed by atoms with Crippen molar-refractivity contribution in [2.75, 3.05) is 18.9 Å². The fourth-order valence-corrected chi connectivity index (χ4v) is 3.51. The van der Waals surface area contributed by atoms with E-state index < -0.39 is 0 Å². The molecule has 2 amide bonds. The number of nitrogens with zero attached hydrogens (tertiary/aromatic N) is 3. The molecule has 4 aromatic rings. The molecule has 0 unspecified atom stereocenters. The largest absolute Gasteiger partial charge is 0.335 e. The van der Waals surface area contributed by atoms with E-state index in [0.717, 1.165) is 22.4 Å². The van der Waals surface area contributed by atoms with Crippen molar-refractivity contribution in [1.29, 1.82) is 0 Å². The van der Waals surface area contributed by atoms with Crippen LogP contribution in [-0.2, 0) is 22.6 Å². The summed E-state index contributed by atoms with van der Waals surface area (Å²) in [6.07, 6.45) is 0.595. The smallest absolute Gasteiger partial charge is 0.243 e. The molecule has 3 aromatic carbocycles. The molecule has 6 nitrogen and oxygen atoms in total. The Morgan fingerprint density at radius 1 is 0.969 bits per heavy atom. The lowest BCUT2D eigenvalue weighted by molar-refractivity contribution is -0.133. The van der Waals surface area contributed by atoms with Gasteiger partial charge in [0.1, 0.15) is 18.2 Å². The van der Waals surface area contributed by atoms with Crippen LogP contribution in [-0.4, -0.2) is 39.9 Å². The molecule has 0 spiro atoms. The first kappa shape index (κ1) is 21.2. The Kier molecular flexibility index (Phi) is 6.26. The van der Waals surface area contributed by atoms with Crippen molar-refractivity contribution in [3.8, 4) is 0 Å². The van der Waals surface area contributed by atoms with Crippen molar-refractivity contribution in [3.05, 3.63) is 96.1 Å². The van der Waals surface area contributed by atoms with Crippen molar-refractivity contribution >= 4 is 28.5 Å². The molecule has 7 heteroatoms. The van der Waals surface area contributed by atoms with Crippen molar-refractivity contribution < 1.29 is 14.0 Å². The molecule has 1 N–H and O–H groups in total. The topological polar surface area (TPSA) is 67.2 Å². The predicted octanol–water partition coefficient (Wildman–Crippen LogP) is 3.86. The Balaban J connectivity index is 1.48. The molecule has 0 saturated carbocycles. The minimum Gasteiger partial charge on any atom is -0.335 e. The Morgan fingerprint density at radius 3 is 2.41 bits per heavy atom. The molecular weight excluding hydrogens is 407 g/mol. The molecule has 0 bridgehead atoms. The first-order valence-corrected chi connectivity index (χ1v) is 10.3. The Bertz CT molecular complexity index is 1240. The number of hydrogen-bond acceptors (Lipinski definition) is 3. The summed E-state index contributed by atoms with van der Waals surface area (Å²) in [5.41, 5.74) is 3.27. The molecule has 162 valence electrons. The number of para-hydroxylation sites is 2. The van der Waals surface area contributed by atoms with Crippen LogP contribution in [0.3, 0.4) is 0 Å². The summed E-state index contributed by atoms with van der Waals surface area (Å²) in [5.74, 6) is -0.159. The molecule has 0 radical (unpaired) electrons. The van der Waals surface area contributed by atoms with E-state index >= 15 is 0 Å². The van der Waals surface area contributed by atoms with E-state index in [1.54, 1.807) is 7.05 Å². The number of amides is 2. The van der Waals surface area contributed by atoms with Gasteiger partial charge in [-0.25, -0.2) is 9.37 Å². The van der Waals surface area contributed by atoms with Gasteiger partial charge in [-0.15, -0.1) is 0 Å². The van der Waals surface area contributed by atoms with E-state index in [1.165, 1.54) is 29.2 Å². The van der Waals surface area contributed by atoms with Gasteiger partial charge in [-0.1, -0.05) is 42.5 Å². The van der Waals surface area contributed by atoms with E-state index in [9.17, 15) is 14.0 Å². The highest BCUT2D eigenvalue weighted by atomic mass is 19.1. The molecule has 0 saturated heterocycles. The van der Waals surface area contributed by atoms with Crippen LogP contribution in [0.25, 0.3) is 11.0 Å². The second-order valence-electron chi connectivity index (χ2n) is 7.57. The average molecular weight is 430 g/mol. The van der Waals surface area contributed by atoms with Crippen molar-refractivity contribution in [1.82, 2.24) is 14.5 Å². The molecule has 0 fully saturated rings. The maximum Gasteiger partial charge on any atom is 0.243 e. The van der Waals surface area contributed by atoms with Gasteiger partial charge >= 0.3 is 0 Å². The summed E-state index contributed by atoms with van der Waals surface area (Å²) in [4.78, 5) is 31.4. The van der Waals surface area contributed by atoms with Crippen molar-refractivity contribution in [2.24, 2.45) is 0 Å². The Hall–Kier alpha value is -4.00. The number of rotatable bonds is 7. The zero-order chi connectivity index (χ0) is 22.5. The highest BCUT2D eigenvalue weighted by Crippen LogP contribution is 2.19. The third-order valence-corrected chi connectivity index (χ3v) is 5.17. The minimum atomic E-state index is -0.380. The number of hydrogen-bond donors (Lipinski definition) is 1. The van der Waals surface area contributed by atoms with Gasteiger partial charge in [0.05, 0.1) is 17.6 Å². The van der Waals surface area contributed by atoms with Gasteiger partial charge in [-0.05, 0) is 42.0 Å². The summed E-state index contributed by atoms with van der Waals surface area (Å²) < 4.78 is 14.9. The maximum atomic E-state index is 13.0. The predicted molar refractivity (Wildman–Crippen MR) is 122 cm³/mol. The first-order chi connectivity index (χ1) is 15.5. The third-order valence-electron chi connectivity index (χ3n) is 5.17. The van der Waals surface area contributed by atoms with Crippen LogP contribution in [0.15, 0.2) is 78.9 Å². The zero-order valence-corrected chi connectivity index (χ0v) is 17.7. The van der Waals surface area contributed by atoms with E-state index in [1.807, 2.05) is 59.2 Å².